The largest absolute Gasteiger partial charge is 0.126 e. The molecule has 0 aliphatic carbocycles. The summed E-state index contributed by atoms with van der Waals surface area (Å²) in [6.07, 6.45) is 3.52. The molecule has 1 aromatic rings. The number of hydrogen-bond acceptors (Lipinski definition) is 0. The van der Waals surface area contributed by atoms with Crippen molar-refractivity contribution in [3.8, 4) is 0 Å². The normalized spacial score (nSPS) is 10.9. The summed E-state index contributed by atoms with van der Waals surface area (Å²) in [5.74, 6) is 2.52. The van der Waals surface area contributed by atoms with Crippen LogP contribution in [0.4, 0.5) is 0 Å². The third-order valence-corrected chi connectivity index (χ3v) is 3.73. The third-order valence-electron chi connectivity index (χ3n) is 2.98. The lowest BCUT2D eigenvalue weighted by Crippen LogP contribution is -2.04. The fraction of sp³-hybridized carbons (Fsp3) is 0.571. The lowest BCUT2D eigenvalue weighted by Gasteiger charge is -2.15. The molecule has 0 radical (unpaired) electrons. The van der Waals surface area contributed by atoms with Crippen LogP contribution >= 0.6 is 46.4 Å². The molecule has 0 atom stereocenters. The third kappa shape index (κ3) is 4.81. The van der Waals surface area contributed by atoms with Crippen LogP contribution in [0.3, 0.4) is 0 Å². The second kappa shape index (κ2) is 9.31. The van der Waals surface area contributed by atoms with E-state index in [9.17, 15) is 0 Å². The van der Waals surface area contributed by atoms with Gasteiger partial charge in [0.1, 0.15) is 0 Å². The molecular weight excluding hydrogens is 310 g/mol. The SMILES string of the molecule is ClCCc1cc(CCCl)c(CCCl)cc1CCCl. The van der Waals surface area contributed by atoms with Gasteiger partial charge in [-0.3, -0.25) is 0 Å². The van der Waals surface area contributed by atoms with Gasteiger partial charge in [0.25, 0.3) is 0 Å². The Kier molecular flexibility index (Phi) is 8.50. The molecule has 102 valence electrons. The van der Waals surface area contributed by atoms with Crippen molar-refractivity contribution in [2.24, 2.45) is 0 Å². The maximum absolute atomic E-state index is 5.86. The predicted molar refractivity (Wildman–Crippen MR) is 84.1 cm³/mol. The molecule has 1 aromatic carbocycles. The molecule has 4 heteroatoms. The molecule has 0 N–H and O–H groups in total. The zero-order chi connectivity index (χ0) is 13.4. The Balaban J connectivity index is 3.11. The first-order chi connectivity index (χ1) is 8.76. The van der Waals surface area contributed by atoms with Crippen LogP contribution in [0.25, 0.3) is 0 Å². The average Bonchev–Trinajstić information content (AvgIpc) is 2.35. The van der Waals surface area contributed by atoms with Crippen LogP contribution in [0.1, 0.15) is 22.3 Å². The number of aryl methyl sites for hydroxylation is 4. The molecule has 0 aliphatic rings. The van der Waals surface area contributed by atoms with Crippen LogP contribution in [-0.4, -0.2) is 23.5 Å². The maximum atomic E-state index is 5.86. The second-order valence-electron chi connectivity index (χ2n) is 4.15. The van der Waals surface area contributed by atoms with Gasteiger partial charge in [0.05, 0.1) is 0 Å². The highest BCUT2D eigenvalue weighted by molar-refractivity contribution is 6.18. The first kappa shape index (κ1) is 16.4. The summed E-state index contributed by atoms with van der Waals surface area (Å²) in [4.78, 5) is 0. The highest BCUT2D eigenvalue weighted by atomic mass is 35.5. The summed E-state index contributed by atoms with van der Waals surface area (Å²) >= 11 is 23.4. The molecule has 0 fully saturated rings. The van der Waals surface area contributed by atoms with Gasteiger partial charge in [0.15, 0.2) is 0 Å². The Morgan fingerprint density at radius 3 is 0.889 bits per heavy atom. The fourth-order valence-electron chi connectivity index (χ4n) is 2.13. The molecular formula is C14H18Cl4. The zero-order valence-corrected chi connectivity index (χ0v) is 13.3. The van der Waals surface area contributed by atoms with Crippen molar-refractivity contribution in [1.29, 1.82) is 0 Å². The Hall–Kier alpha value is 0.380. The van der Waals surface area contributed by atoms with Gasteiger partial charge in [-0.25, -0.2) is 0 Å². The Morgan fingerprint density at radius 1 is 0.500 bits per heavy atom. The molecule has 0 spiro atoms. The maximum Gasteiger partial charge on any atom is 0.0264 e. The van der Waals surface area contributed by atoms with Crippen molar-refractivity contribution in [3.05, 3.63) is 34.4 Å². The molecule has 0 aliphatic heterocycles. The Morgan fingerprint density at radius 2 is 0.722 bits per heavy atom. The number of hydrogen-bond donors (Lipinski definition) is 0. The van der Waals surface area contributed by atoms with Crippen LogP contribution in [0.5, 0.6) is 0 Å². The number of alkyl halides is 4. The van der Waals surface area contributed by atoms with E-state index in [1.807, 2.05) is 0 Å². The summed E-state index contributed by atoms with van der Waals surface area (Å²) in [5, 5.41) is 0. The summed E-state index contributed by atoms with van der Waals surface area (Å²) in [6.45, 7) is 0. The Bertz CT molecular complexity index is 297. The molecule has 1 rings (SSSR count). The van der Waals surface area contributed by atoms with Crippen molar-refractivity contribution in [2.75, 3.05) is 23.5 Å². The summed E-state index contributed by atoms with van der Waals surface area (Å²) < 4.78 is 0. The fourth-order valence-corrected chi connectivity index (χ4v) is 2.94. The van der Waals surface area contributed by atoms with Crippen LogP contribution in [0.15, 0.2) is 12.1 Å². The topological polar surface area (TPSA) is 0 Å². The minimum atomic E-state index is 0.629. The molecule has 0 amide bonds. The number of benzene rings is 1. The van der Waals surface area contributed by atoms with Gasteiger partial charge in [-0.2, -0.15) is 0 Å². The highest BCUT2D eigenvalue weighted by Gasteiger charge is 2.09. The zero-order valence-electron chi connectivity index (χ0n) is 10.3. The minimum absolute atomic E-state index is 0.629. The molecule has 0 aromatic heterocycles. The van der Waals surface area contributed by atoms with Crippen LogP contribution in [-0.2, 0) is 25.7 Å². The van der Waals surface area contributed by atoms with Crippen LogP contribution in [0.2, 0.25) is 0 Å². The summed E-state index contributed by atoms with van der Waals surface area (Å²) in [5.41, 5.74) is 5.18. The predicted octanol–water partition coefficient (Wildman–Crippen LogP) is 4.81. The van der Waals surface area contributed by atoms with Crippen LogP contribution in [0, 0.1) is 0 Å². The van der Waals surface area contributed by atoms with Crippen molar-refractivity contribution in [2.45, 2.75) is 25.7 Å². The molecule has 0 saturated carbocycles. The quantitative estimate of drug-likeness (QED) is 0.601. The molecule has 0 nitrogen and oxygen atoms in total. The van der Waals surface area contributed by atoms with E-state index in [1.54, 1.807) is 0 Å². The van der Waals surface area contributed by atoms with Crippen molar-refractivity contribution < 1.29 is 0 Å². The van der Waals surface area contributed by atoms with Gasteiger partial charge in [0.2, 0.25) is 0 Å². The van der Waals surface area contributed by atoms with Crippen molar-refractivity contribution >= 4 is 46.4 Å². The standard InChI is InChI=1S/C14H18Cl4/c15-5-1-11-9-13(3-7-17)14(4-8-18)10-12(11)2-6-16/h9-10H,1-8H2. The smallest absolute Gasteiger partial charge is 0.0264 e. The van der Waals surface area contributed by atoms with Gasteiger partial charge in [-0.05, 0) is 47.9 Å². The van der Waals surface area contributed by atoms with Crippen molar-refractivity contribution in [1.82, 2.24) is 0 Å². The van der Waals surface area contributed by atoms with Gasteiger partial charge in [-0.15, -0.1) is 46.4 Å². The monoisotopic (exact) mass is 326 g/mol. The van der Waals surface area contributed by atoms with E-state index in [4.69, 9.17) is 46.4 Å². The number of rotatable bonds is 8. The van der Waals surface area contributed by atoms with E-state index in [1.165, 1.54) is 22.3 Å². The molecule has 0 saturated heterocycles. The Labute approximate surface area is 130 Å². The average molecular weight is 328 g/mol. The highest BCUT2D eigenvalue weighted by Crippen LogP contribution is 2.21. The van der Waals surface area contributed by atoms with E-state index in [-0.39, 0.29) is 0 Å². The molecule has 0 unspecified atom stereocenters. The van der Waals surface area contributed by atoms with E-state index < -0.39 is 0 Å². The molecule has 0 bridgehead atoms. The van der Waals surface area contributed by atoms with E-state index in [0.29, 0.717) is 23.5 Å². The minimum Gasteiger partial charge on any atom is -0.126 e. The van der Waals surface area contributed by atoms with Gasteiger partial charge in [-0.1, -0.05) is 12.1 Å². The summed E-state index contributed by atoms with van der Waals surface area (Å²) in [7, 11) is 0. The first-order valence-corrected chi connectivity index (χ1v) is 8.28. The van der Waals surface area contributed by atoms with E-state index in [0.717, 1.165) is 25.7 Å². The van der Waals surface area contributed by atoms with Crippen LogP contribution < -0.4 is 0 Å². The van der Waals surface area contributed by atoms with E-state index >= 15 is 0 Å². The van der Waals surface area contributed by atoms with Crippen molar-refractivity contribution in [3.63, 3.8) is 0 Å². The van der Waals surface area contributed by atoms with Gasteiger partial charge < -0.3 is 0 Å². The second-order valence-corrected chi connectivity index (χ2v) is 5.66. The number of halogens is 4. The van der Waals surface area contributed by atoms with Gasteiger partial charge in [0, 0.05) is 23.5 Å². The lowest BCUT2D eigenvalue weighted by atomic mass is 9.93. The first-order valence-electron chi connectivity index (χ1n) is 6.14. The van der Waals surface area contributed by atoms with Gasteiger partial charge >= 0.3 is 0 Å². The van der Waals surface area contributed by atoms with E-state index in [2.05, 4.69) is 12.1 Å². The lowest BCUT2D eigenvalue weighted by molar-refractivity contribution is 0.981. The molecule has 18 heavy (non-hydrogen) atoms. The molecule has 0 heterocycles. The summed E-state index contributed by atoms with van der Waals surface area (Å²) in [6, 6.07) is 4.46.